The molecule has 0 heterocycles. The van der Waals surface area contributed by atoms with Crippen molar-refractivity contribution in [2.75, 3.05) is 20.8 Å². The first-order chi connectivity index (χ1) is 17.9. The lowest BCUT2D eigenvalue weighted by atomic mass is 9.87. The molecule has 1 aliphatic rings. The molecule has 37 heavy (non-hydrogen) atoms. The lowest BCUT2D eigenvalue weighted by Crippen LogP contribution is -2.25. The number of benzene rings is 3. The van der Waals surface area contributed by atoms with Crippen molar-refractivity contribution in [1.29, 1.82) is 0 Å². The maximum absolute atomic E-state index is 13.1. The fourth-order valence-corrected chi connectivity index (χ4v) is 4.36. The number of rotatable bonds is 8. The van der Waals surface area contributed by atoms with Crippen LogP contribution >= 0.6 is 0 Å². The van der Waals surface area contributed by atoms with Gasteiger partial charge in [0.15, 0.2) is 0 Å². The number of aryl methyl sites for hydroxylation is 1. The summed E-state index contributed by atoms with van der Waals surface area (Å²) in [6.07, 6.45) is 1.99. The molecule has 2 N–H and O–H groups in total. The zero-order valence-corrected chi connectivity index (χ0v) is 21.3. The van der Waals surface area contributed by atoms with Crippen LogP contribution in [-0.2, 0) is 14.3 Å². The second kappa shape index (κ2) is 11.0. The molecule has 1 amide bonds. The van der Waals surface area contributed by atoms with E-state index >= 15 is 0 Å². The standard InChI is InChI=1S/C31H29NO5/c1-5-37-31(34)29(30(32)33)28-26(20-8-6-19(2)7-9-20)18-25(21-10-14-23(35-3)15-11-21)27(28)22-12-16-24(36-4)17-13-22/h6-18H,5H2,1-4H3,(H2,32,33)/b29-28+. The van der Waals surface area contributed by atoms with Crippen LogP contribution in [-0.4, -0.2) is 32.7 Å². The van der Waals surface area contributed by atoms with Crippen LogP contribution in [0, 0.1) is 6.92 Å². The van der Waals surface area contributed by atoms with Gasteiger partial charge in [0.25, 0.3) is 5.91 Å². The Balaban J connectivity index is 2.08. The molecule has 0 aliphatic heterocycles. The molecule has 0 fully saturated rings. The molecule has 1 aliphatic carbocycles. The van der Waals surface area contributed by atoms with Gasteiger partial charge in [-0.05, 0) is 77.6 Å². The van der Waals surface area contributed by atoms with Crippen molar-refractivity contribution in [3.63, 3.8) is 0 Å². The fourth-order valence-electron chi connectivity index (χ4n) is 4.36. The highest BCUT2D eigenvalue weighted by Gasteiger charge is 2.33. The largest absolute Gasteiger partial charge is 0.497 e. The van der Waals surface area contributed by atoms with Gasteiger partial charge in [0.05, 0.1) is 20.8 Å². The monoisotopic (exact) mass is 495 g/mol. The summed E-state index contributed by atoms with van der Waals surface area (Å²) in [5.41, 5.74) is 11.9. The Bertz CT molecular complexity index is 1410. The Hall–Kier alpha value is -4.58. The molecule has 4 rings (SSSR count). The second-order valence-corrected chi connectivity index (χ2v) is 8.50. The number of nitrogens with two attached hydrogens (primary N) is 1. The summed E-state index contributed by atoms with van der Waals surface area (Å²) in [5.74, 6) is -0.208. The molecule has 0 saturated heterocycles. The van der Waals surface area contributed by atoms with Crippen molar-refractivity contribution in [2.45, 2.75) is 13.8 Å². The Kier molecular flexibility index (Phi) is 7.58. The van der Waals surface area contributed by atoms with Crippen molar-refractivity contribution in [1.82, 2.24) is 0 Å². The van der Waals surface area contributed by atoms with E-state index < -0.39 is 11.9 Å². The van der Waals surface area contributed by atoms with Crippen molar-refractivity contribution in [3.05, 3.63) is 112 Å². The zero-order valence-electron chi connectivity index (χ0n) is 21.3. The van der Waals surface area contributed by atoms with Crippen molar-refractivity contribution in [3.8, 4) is 11.5 Å². The number of amides is 1. The molecule has 6 heteroatoms. The third kappa shape index (κ3) is 5.19. The number of allylic oxidation sites excluding steroid dienone is 5. The fraction of sp³-hybridized carbons (Fsp3) is 0.161. The summed E-state index contributed by atoms with van der Waals surface area (Å²) in [7, 11) is 3.21. The quantitative estimate of drug-likeness (QED) is 0.197. The van der Waals surface area contributed by atoms with Gasteiger partial charge in [-0.1, -0.05) is 54.1 Å². The van der Waals surface area contributed by atoms with Crippen LogP contribution in [0.2, 0.25) is 0 Å². The van der Waals surface area contributed by atoms with Gasteiger partial charge in [0, 0.05) is 5.57 Å². The number of carbonyl (C=O) groups is 2. The second-order valence-electron chi connectivity index (χ2n) is 8.50. The van der Waals surface area contributed by atoms with E-state index in [1.165, 1.54) is 0 Å². The summed E-state index contributed by atoms with van der Waals surface area (Å²) in [6, 6.07) is 23.0. The Morgan fingerprint density at radius 2 is 1.27 bits per heavy atom. The van der Waals surface area contributed by atoms with Crippen LogP contribution in [0.4, 0.5) is 0 Å². The van der Waals surface area contributed by atoms with E-state index in [-0.39, 0.29) is 12.2 Å². The van der Waals surface area contributed by atoms with Gasteiger partial charge in [-0.2, -0.15) is 0 Å². The lowest BCUT2D eigenvalue weighted by molar-refractivity contribution is -0.139. The van der Waals surface area contributed by atoms with Gasteiger partial charge in [-0.15, -0.1) is 0 Å². The molecular formula is C31H29NO5. The van der Waals surface area contributed by atoms with Gasteiger partial charge in [0.1, 0.15) is 17.1 Å². The number of ether oxygens (including phenoxy) is 3. The number of carbonyl (C=O) groups excluding carboxylic acids is 2. The van der Waals surface area contributed by atoms with Crippen LogP contribution in [0.1, 0.15) is 29.2 Å². The summed E-state index contributed by atoms with van der Waals surface area (Å²) >= 11 is 0. The van der Waals surface area contributed by atoms with Crippen LogP contribution in [0.15, 0.2) is 90.0 Å². The third-order valence-corrected chi connectivity index (χ3v) is 6.20. The minimum absolute atomic E-state index is 0.111. The van der Waals surface area contributed by atoms with Gasteiger partial charge in [0.2, 0.25) is 0 Å². The molecule has 6 nitrogen and oxygen atoms in total. The first kappa shape index (κ1) is 25.5. The molecule has 3 aromatic carbocycles. The predicted molar refractivity (Wildman–Crippen MR) is 145 cm³/mol. The van der Waals surface area contributed by atoms with Crippen molar-refractivity contribution < 1.29 is 23.8 Å². The van der Waals surface area contributed by atoms with E-state index in [2.05, 4.69) is 0 Å². The SMILES string of the molecule is CCOC(=O)/C(C(N)=O)=C1\C(c2ccc(C)cc2)=CC(c2ccc(OC)cc2)=C1c1ccc(OC)cc1. The van der Waals surface area contributed by atoms with Crippen molar-refractivity contribution >= 4 is 28.6 Å². The molecular weight excluding hydrogens is 466 g/mol. The zero-order chi connectivity index (χ0) is 26.5. The van der Waals surface area contributed by atoms with Gasteiger partial charge in [-0.3, -0.25) is 4.79 Å². The smallest absolute Gasteiger partial charge is 0.344 e. The highest BCUT2D eigenvalue weighted by molar-refractivity contribution is 6.28. The predicted octanol–water partition coefficient (Wildman–Crippen LogP) is 5.37. The van der Waals surface area contributed by atoms with Crippen molar-refractivity contribution in [2.24, 2.45) is 5.73 Å². The molecule has 0 unspecified atom stereocenters. The Morgan fingerprint density at radius 1 is 0.757 bits per heavy atom. The van der Waals surface area contributed by atoms with E-state index in [1.807, 2.05) is 85.8 Å². The average molecular weight is 496 g/mol. The van der Waals surface area contributed by atoms with E-state index in [4.69, 9.17) is 19.9 Å². The Labute approximate surface area is 216 Å². The summed E-state index contributed by atoms with van der Waals surface area (Å²) in [4.78, 5) is 26.0. The van der Waals surface area contributed by atoms with Crippen LogP contribution in [0.5, 0.6) is 11.5 Å². The molecule has 0 saturated carbocycles. The van der Waals surface area contributed by atoms with Crippen LogP contribution in [0.3, 0.4) is 0 Å². The molecule has 0 radical (unpaired) electrons. The average Bonchev–Trinajstić information content (AvgIpc) is 3.29. The number of primary amides is 1. The highest BCUT2D eigenvalue weighted by atomic mass is 16.5. The van der Waals surface area contributed by atoms with E-state index in [0.29, 0.717) is 22.5 Å². The molecule has 0 bridgehead atoms. The first-order valence-corrected chi connectivity index (χ1v) is 11.9. The lowest BCUT2D eigenvalue weighted by Gasteiger charge is -2.17. The number of methoxy groups -OCH3 is 2. The highest BCUT2D eigenvalue weighted by Crippen LogP contribution is 2.48. The minimum atomic E-state index is -0.853. The molecule has 0 spiro atoms. The molecule has 188 valence electrons. The maximum atomic E-state index is 13.1. The molecule has 0 atom stereocenters. The van der Waals surface area contributed by atoms with E-state index in [1.54, 1.807) is 21.1 Å². The van der Waals surface area contributed by atoms with Gasteiger partial charge >= 0.3 is 5.97 Å². The van der Waals surface area contributed by atoms with E-state index in [0.717, 1.165) is 33.6 Å². The first-order valence-electron chi connectivity index (χ1n) is 11.9. The van der Waals surface area contributed by atoms with Crippen LogP contribution < -0.4 is 15.2 Å². The topological polar surface area (TPSA) is 87.9 Å². The molecule has 0 aromatic heterocycles. The van der Waals surface area contributed by atoms with Crippen LogP contribution in [0.25, 0.3) is 16.7 Å². The molecule has 3 aromatic rings. The minimum Gasteiger partial charge on any atom is -0.497 e. The number of hydrogen-bond acceptors (Lipinski definition) is 5. The van der Waals surface area contributed by atoms with Gasteiger partial charge < -0.3 is 19.9 Å². The number of esters is 1. The Morgan fingerprint density at radius 3 is 1.76 bits per heavy atom. The maximum Gasteiger partial charge on any atom is 0.344 e. The summed E-state index contributed by atoms with van der Waals surface area (Å²) < 4.78 is 16.0. The van der Waals surface area contributed by atoms with Gasteiger partial charge in [-0.25, -0.2) is 4.79 Å². The normalized spacial score (nSPS) is 14.2. The number of hydrogen-bond donors (Lipinski definition) is 1. The summed E-state index contributed by atoms with van der Waals surface area (Å²) in [5, 5.41) is 0. The summed E-state index contributed by atoms with van der Waals surface area (Å²) in [6.45, 7) is 3.80. The van der Waals surface area contributed by atoms with E-state index in [9.17, 15) is 9.59 Å². The third-order valence-electron chi connectivity index (χ3n) is 6.20.